The molecule has 0 heterocycles. The number of aromatic hydroxyl groups is 1. The summed E-state index contributed by atoms with van der Waals surface area (Å²) in [5.74, 6) is -1.90. The number of amides is 1. The lowest BCUT2D eigenvalue weighted by molar-refractivity contribution is 0.0636. The third kappa shape index (κ3) is 4.22. The minimum atomic E-state index is -0.927. The number of anilines is 1. The van der Waals surface area contributed by atoms with Crippen LogP contribution in [-0.2, 0) is 4.74 Å². The van der Waals surface area contributed by atoms with Gasteiger partial charge in [0.15, 0.2) is 17.3 Å². The molecule has 1 amide bonds. The molecule has 0 unspecified atom stereocenters. The molecule has 1 rings (SSSR count). The number of benzene rings is 1. The molecule has 1 aromatic rings. The molecule has 5 nitrogen and oxygen atoms in total. The highest BCUT2D eigenvalue weighted by atomic mass is 19.1. The number of ketones is 1. The second kappa shape index (κ2) is 5.90. The molecule has 110 valence electrons. The molecule has 1 aromatic carbocycles. The number of hydrogen-bond donors (Lipinski definition) is 2. The van der Waals surface area contributed by atoms with E-state index in [1.807, 2.05) is 0 Å². The number of carbonyl (C=O) groups excluding carboxylic acids is 2. The summed E-state index contributed by atoms with van der Waals surface area (Å²) in [6.45, 7) is 6.67. The normalized spacial score (nSPS) is 11.1. The van der Waals surface area contributed by atoms with Crippen molar-refractivity contribution in [3.8, 4) is 5.75 Å². The van der Waals surface area contributed by atoms with E-state index in [0.29, 0.717) is 0 Å². The van der Waals surface area contributed by atoms with Crippen molar-refractivity contribution in [1.82, 2.24) is 0 Å². The molecule has 0 aliphatic carbocycles. The molecular weight excluding hydrogens is 265 g/mol. The zero-order valence-electron chi connectivity index (χ0n) is 11.9. The fourth-order valence-corrected chi connectivity index (χ4v) is 1.50. The Morgan fingerprint density at radius 1 is 1.35 bits per heavy atom. The maximum atomic E-state index is 13.4. The Balaban J connectivity index is 3.07. The molecular formula is C14H18FNO4. The van der Waals surface area contributed by atoms with Crippen LogP contribution in [0.2, 0.25) is 0 Å². The van der Waals surface area contributed by atoms with Gasteiger partial charge < -0.3 is 9.84 Å². The van der Waals surface area contributed by atoms with Gasteiger partial charge in [0.25, 0.3) is 0 Å². The summed E-state index contributed by atoms with van der Waals surface area (Å²) < 4.78 is 18.4. The fourth-order valence-electron chi connectivity index (χ4n) is 1.50. The SMILES string of the molecule is CCC(=O)c1cc(O)c(F)cc1NC(=O)OC(C)(C)C. The number of halogens is 1. The summed E-state index contributed by atoms with van der Waals surface area (Å²) in [7, 11) is 0. The largest absolute Gasteiger partial charge is 0.505 e. The number of nitrogens with one attached hydrogen (secondary N) is 1. The smallest absolute Gasteiger partial charge is 0.412 e. The van der Waals surface area contributed by atoms with Gasteiger partial charge in [-0.2, -0.15) is 0 Å². The van der Waals surface area contributed by atoms with E-state index in [1.165, 1.54) is 0 Å². The van der Waals surface area contributed by atoms with Gasteiger partial charge in [-0.1, -0.05) is 6.92 Å². The number of rotatable bonds is 3. The lowest BCUT2D eigenvalue weighted by Crippen LogP contribution is -2.27. The first-order chi connectivity index (χ1) is 9.14. The Morgan fingerprint density at radius 3 is 2.45 bits per heavy atom. The van der Waals surface area contributed by atoms with E-state index < -0.39 is 23.3 Å². The van der Waals surface area contributed by atoms with Crippen LogP contribution in [0.25, 0.3) is 0 Å². The van der Waals surface area contributed by atoms with Gasteiger partial charge in [0.1, 0.15) is 5.60 Å². The Bertz CT molecular complexity index is 535. The van der Waals surface area contributed by atoms with Crippen molar-refractivity contribution in [1.29, 1.82) is 0 Å². The number of hydrogen-bond acceptors (Lipinski definition) is 4. The highest BCUT2D eigenvalue weighted by molar-refractivity contribution is 6.04. The lowest BCUT2D eigenvalue weighted by atomic mass is 10.1. The number of phenolic OH excluding ortho intramolecular Hbond substituents is 1. The predicted molar refractivity (Wildman–Crippen MR) is 72.5 cm³/mol. The Hall–Kier alpha value is -2.11. The predicted octanol–water partition coefficient (Wildman–Crippen LogP) is 3.47. The van der Waals surface area contributed by atoms with E-state index in [4.69, 9.17) is 4.74 Å². The maximum Gasteiger partial charge on any atom is 0.412 e. The van der Waals surface area contributed by atoms with E-state index in [0.717, 1.165) is 12.1 Å². The second-order valence-electron chi connectivity index (χ2n) is 5.25. The molecule has 0 bridgehead atoms. The summed E-state index contributed by atoms with van der Waals surface area (Å²) in [6, 6.07) is 1.88. The van der Waals surface area contributed by atoms with Gasteiger partial charge in [0.05, 0.1) is 5.69 Å². The van der Waals surface area contributed by atoms with Crippen LogP contribution >= 0.6 is 0 Å². The average molecular weight is 283 g/mol. The van der Waals surface area contributed by atoms with Crippen molar-refractivity contribution in [3.05, 3.63) is 23.5 Å². The summed E-state index contributed by atoms with van der Waals surface area (Å²) in [6.07, 6.45) is -0.638. The summed E-state index contributed by atoms with van der Waals surface area (Å²) in [5.41, 5.74) is -0.701. The van der Waals surface area contributed by atoms with Crippen molar-refractivity contribution >= 4 is 17.6 Å². The molecule has 0 saturated carbocycles. The molecule has 0 radical (unpaired) electrons. The fraction of sp³-hybridized carbons (Fsp3) is 0.429. The first kappa shape index (κ1) is 15.9. The zero-order valence-corrected chi connectivity index (χ0v) is 11.9. The molecule has 0 aromatic heterocycles. The van der Waals surface area contributed by atoms with Crippen molar-refractivity contribution < 1.29 is 23.8 Å². The van der Waals surface area contributed by atoms with Crippen LogP contribution in [0, 0.1) is 5.82 Å². The first-order valence-corrected chi connectivity index (χ1v) is 6.19. The zero-order chi connectivity index (χ0) is 15.5. The molecule has 2 N–H and O–H groups in total. The van der Waals surface area contributed by atoms with Crippen molar-refractivity contribution in [3.63, 3.8) is 0 Å². The van der Waals surface area contributed by atoms with Gasteiger partial charge >= 0.3 is 6.09 Å². The maximum absolute atomic E-state index is 13.4. The number of carbonyl (C=O) groups is 2. The van der Waals surface area contributed by atoms with Crippen LogP contribution in [-0.4, -0.2) is 22.6 Å². The second-order valence-corrected chi connectivity index (χ2v) is 5.25. The summed E-state index contributed by atoms with van der Waals surface area (Å²) >= 11 is 0. The molecule has 0 saturated heterocycles. The van der Waals surface area contributed by atoms with Crippen LogP contribution in [0.5, 0.6) is 5.75 Å². The molecule has 0 aliphatic rings. The Labute approximate surface area is 116 Å². The summed E-state index contributed by atoms with van der Waals surface area (Å²) in [5, 5.41) is 11.6. The molecule has 0 atom stereocenters. The van der Waals surface area contributed by atoms with Crippen LogP contribution in [0.4, 0.5) is 14.9 Å². The molecule has 20 heavy (non-hydrogen) atoms. The van der Waals surface area contributed by atoms with Crippen molar-refractivity contribution in [2.75, 3.05) is 5.32 Å². The number of ether oxygens (including phenoxy) is 1. The first-order valence-electron chi connectivity index (χ1n) is 6.19. The highest BCUT2D eigenvalue weighted by Gasteiger charge is 2.20. The minimum absolute atomic E-state index is 0.0265. The van der Waals surface area contributed by atoms with E-state index in [1.54, 1.807) is 27.7 Å². The molecule has 0 spiro atoms. The van der Waals surface area contributed by atoms with Crippen LogP contribution in [0.3, 0.4) is 0 Å². The van der Waals surface area contributed by atoms with Gasteiger partial charge in [-0.25, -0.2) is 9.18 Å². The number of phenols is 1. The van der Waals surface area contributed by atoms with E-state index >= 15 is 0 Å². The van der Waals surface area contributed by atoms with Crippen LogP contribution in [0.1, 0.15) is 44.5 Å². The molecule has 0 aliphatic heterocycles. The average Bonchev–Trinajstić information content (AvgIpc) is 2.30. The van der Waals surface area contributed by atoms with Gasteiger partial charge in [0.2, 0.25) is 0 Å². The van der Waals surface area contributed by atoms with E-state index in [9.17, 15) is 19.1 Å². The Kier molecular flexibility index (Phi) is 4.70. The van der Waals surface area contributed by atoms with Crippen molar-refractivity contribution in [2.24, 2.45) is 0 Å². The monoisotopic (exact) mass is 283 g/mol. The third-order valence-corrected chi connectivity index (χ3v) is 2.34. The lowest BCUT2D eigenvalue weighted by Gasteiger charge is -2.20. The molecule has 6 heteroatoms. The van der Waals surface area contributed by atoms with Gasteiger partial charge in [0, 0.05) is 18.1 Å². The van der Waals surface area contributed by atoms with E-state index in [-0.39, 0.29) is 23.5 Å². The van der Waals surface area contributed by atoms with Gasteiger partial charge in [-0.3, -0.25) is 10.1 Å². The Morgan fingerprint density at radius 2 is 1.95 bits per heavy atom. The third-order valence-electron chi connectivity index (χ3n) is 2.34. The van der Waals surface area contributed by atoms with Crippen molar-refractivity contribution in [2.45, 2.75) is 39.7 Å². The van der Waals surface area contributed by atoms with Gasteiger partial charge in [-0.05, 0) is 26.8 Å². The standard InChI is InChI=1S/C14H18FNO4/c1-5-11(17)8-6-12(18)9(15)7-10(8)16-13(19)20-14(2,3)4/h6-7,18H,5H2,1-4H3,(H,16,19). The summed E-state index contributed by atoms with van der Waals surface area (Å²) in [4.78, 5) is 23.4. The van der Waals surface area contributed by atoms with E-state index in [2.05, 4.69) is 5.32 Å². The highest BCUT2D eigenvalue weighted by Crippen LogP contribution is 2.26. The molecule has 0 fully saturated rings. The number of Topliss-reactive ketones (excluding diaryl/α,β-unsaturated/α-hetero) is 1. The van der Waals surface area contributed by atoms with Crippen LogP contribution in [0.15, 0.2) is 12.1 Å². The topological polar surface area (TPSA) is 75.6 Å². The van der Waals surface area contributed by atoms with Crippen LogP contribution < -0.4 is 5.32 Å². The quantitative estimate of drug-likeness (QED) is 0.658. The van der Waals surface area contributed by atoms with Gasteiger partial charge in [-0.15, -0.1) is 0 Å². The minimum Gasteiger partial charge on any atom is -0.505 e.